The highest BCUT2D eigenvalue weighted by molar-refractivity contribution is 7.89. The van der Waals surface area contributed by atoms with E-state index in [1.54, 1.807) is 13.0 Å². The molecule has 2 aromatic carbocycles. The first kappa shape index (κ1) is 31.0. The van der Waals surface area contributed by atoms with Crippen molar-refractivity contribution in [3.05, 3.63) is 75.0 Å². The molecule has 0 radical (unpaired) electrons. The third-order valence-electron chi connectivity index (χ3n) is 7.42. The quantitative estimate of drug-likeness (QED) is 0.300. The molecule has 3 aromatic rings. The maximum absolute atomic E-state index is 14.6. The standard InChI is InChI=1S/C27H28F2N6O8S/c1-4-43-26(37)34-24(30-25(36)18-7-6-17(14-21(18)35(38)39)32-9-11-42-12-10-32)19-15-33(27(2,3)23(19)31-34)44(40,41)22-13-16(28)5-8-20(22)29/h5-8,13-14H,4,9-12,15H2,1-3H3,(H,30,36). The number of nitro benzene ring substituents is 1. The SMILES string of the molecule is CCOC(=O)n1nc2c(c1NC(=O)c1ccc(N3CCOCC3)cc1[N+](=O)[O-])CN(S(=O)(=O)c1cc(F)ccc1F)C2(C)C. The Morgan fingerprint density at radius 1 is 1.16 bits per heavy atom. The van der Waals surface area contributed by atoms with E-state index in [9.17, 15) is 36.9 Å². The van der Waals surface area contributed by atoms with E-state index >= 15 is 0 Å². The summed E-state index contributed by atoms with van der Waals surface area (Å²) in [5.74, 6) is -3.42. The van der Waals surface area contributed by atoms with Crippen molar-refractivity contribution in [1.82, 2.24) is 14.1 Å². The number of morpholine rings is 1. The van der Waals surface area contributed by atoms with Crippen molar-refractivity contribution in [2.24, 2.45) is 0 Å². The zero-order valence-electron chi connectivity index (χ0n) is 23.9. The van der Waals surface area contributed by atoms with Crippen LogP contribution in [0, 0.1) is 21.7 Å². The molecule has 1 saturated heterocycles. The lowest BCUT2D eigenvalue weighted by Gasteiger charge is -2.30. The summed E-state index contributed by atoms with van der Waals surface area (Å²) in [6.07, 6.45) is -1.00. The lowest BCUT2D eigenvalue weighted by atomic mass is 10.0. The third-order valence-corrected chi connectivity index (χ3v) is 9.46. The van der Waals surface area contributed by atoms with E-state index in [2.05, 4.69) is 10.4 Å². The maximum Gasteiger partial charge on any atom is 0.436 e. The predicted molar refractivity (Wildman–Crippen MR) is 151 cm³/mol. The average Bonchev–Trinajstić information content (AvgIpc) is 3.48. The van der Waals surface area contributed by atoms with Crippen molar-refractivity contribution in [3.8, 4) is 0 Å². The van der Waals surface area contributed by atoms with Gasteiger partial charge in [0.05, 0.1) is 36.0 Å². The molecule has 0 atom stereocenters. The number of rotatable bonds is 7. The second-order valence-electron chi connectivity index (χ2n) is 10.4. The van der Waals surface area contributed by atoms with Gasteiger partial charge in [0.1, 0.15) is 27.9 Å². The maximum atomic E-state index is 14.6. The van der Waals surface area contributed by atoms with E-state index in [1.807, 2.05) is 4.90 Å². The summed E-state index contributed by atoms with van der Waals surface area (Å²) >= 11 is 0. The van der Waals surface area contributed by atoms with Crippen molar-refractivity contribution >= 4 is 39.2 Å². The van der Waals surface area contributed by atoms with Gasteiger partial charge in [0.2, 0.25) is 10.0 Å². The second kappa shape index (κ2) is 11.5. The normalized spacial score (nSPS) is 16.4. The first-order chi connectivity index (χ1) is 20.8. The predicted octanol–water partition coefficient (Wildman–Crippen LogP) is 3.60. The smallest absolute Gasteiger partial charge is 0.436 e. The van der Waals surface area contributed by atoms with Crippen LogP contribution >= 0.6 is 0 Å². The number of amides is 1. The Morgan fingerprint density at radius 2 is 1.86 bits per heavy atom. The number of nitrogens with one attached hydrogen (secondary N) is 1. The molecule has 14 nitrogen and oxygen atoms in total. The van der Waals surface area contributed by atoms with E-state index in [1.165, 1.54) is 26.0 Å². The van der Waals surface area contributed by atoms with Crippen molar-refractivity contribution in [2.45, 2.75) is 37.8 Å². The number of benzene rings is 2. The number of hydrogen-bond acceptors (Lipinski definition) is 10. The van der Waals surface area contributed by atoms with Gasteiger partial charge in [-0.2, -0.15) is 9.40 Å². The first-order valence-electron chi connectivity index (χ1n) is 13.5. The minimum absolute atomic E-state index is 0.0263. The Labute approximate surface area is 250 Å². The van der Waals surface area contributed by atoms with Crippen LogP contribution in [0.2, 0.25) is 0 Å². The van der Waals surface area contributed by atoms with Gasteiger partial charge < -0.3 is 19.7 Å². The molecule has 17 heteroatoms. The summed E-state index contributed by atoms with van der Waals surface area (Å²) < 4.78 is 67.6. The fourth-order valence-corrected chi connectivity index (χ4v) is 7.03. The molecule has 3 heterocycles. The Kier molecular flexibility index (Phi) is 8.13. The Balaban J connectivity index is 1.55. The number of anilines is 2. The number of carbonyl (C=O) groups excluding carboxylic acids is 2. The van der Waals surface area contributed by atoms with Gasteiger partial charge in [0, 0.05) is 37.0 Å². The molecule has 2 aliphatic heterocycles. The van der Waals surface area contributed by atoms with E-state index in [0.717, 1.165) is 15.1 Å². The minimum atomic E-state index is -4.67. The number of sulfonamides is 1. The van der Waals surface area contributed by atoms with Gasteiger partial charge in [-0.1, -0.05) is 0 Å². The molecular formula is C27H28F2N6O8S. The third kappa shape index (κ3) is 5.37. The van der Waals surface area contributed by atoms with Gasteiger partial charge in [0.15, 0.2) is 0 Å². The molecule has 0 saturated carbocycles. The van der Waals surface area contributed by atoms with Crippen molar-refractivity contribution in [3.63, 3.8) is 0 Å². The molecule has 5 rings (SSSR count). The molecule has 44 heavy (non-hydrogen) atoms. The highest BCUT2D eigenvalue weighted by Gasteiger charge is 2.50. The van der Waals surface area contributed by atoms with Crippen molar-refractivity contribution in [1.29, 1.82) is 0 Å². The van der Waals surface area contributed by atoms with Crippen LogP contribution in [0.5, 0.6) is 0 Å². The molecule has 0 aliphatic carbocycles. The molecular weight excluding hydrogens is 606 g/mol. The largest absolute Gasteiger partial charge is 0.448 e. The van der Waals surface area contributed by atoms with E-state index in [0.29, 0.717) is 44.1 Å². The van der Waals surface area contributed by atoms with Gasteiger partial charge in [-0.3, -0.25) is 14.9 Å². The van der Waals surface area contributed by atoms with E-state index < -0.39 is 61.2 Å². The summed E-state index contributed by atoms with van der Waals surface area (Å²) in [7, 11) is -4.67. The summed E-state index contributed by atoms with van der Waals surface area (Å²) in [6.45, 7) is 5.74. The van der Waals surface area contributed by atoms with Gasteiger partial charge in [-0.15, -0.1) is 4.68 Å². The molecule has 0 unspecified atom stereocenters. The minimum Gasteiger partial charge on any atom is -0.448 e. The zero-order valence-corrected chi connectivity index (χ0v) is 24.7. The van der Waals surface area contributed by atoms with Crippen LogP contribution in [0.15, 0.2) is 41.3 Å². The fourth-order valence-electron chi connectivity index (χ4n) is 5.23. The number of nitrogens with zero attached hydrogens (tertiary/aromatic N) is 5. The van der Waals surface area contributed by atoms with Gasteiger partial charge in [-0.25, -0.2) is 22.0 Å². The molecule has 1 fully saturated rings. The van der Waals surface area contributed by atoms with Crippen molar-refractivity contribution < 1.29 is 41.2 Å². The number of halogens is 2. The molecule has 234 valence electrons. The Bertz CT molecular complexity index is 1770. The van der Waals surface area contributed by atoms with Crippen LogP contribution in [-0.4, -0.2) is 72.3 Å². The highest BCUT2D eigenvalue weighted by Crippen LogP contribution is 2.45. The number of fused-ring (bicyclic) bond motifs is 1. The first-order valence-corrected chi connectivity index (χ1v) is 14.9. The number of nitro groups is 1. The Morgan fingerprint density at radius 3 is 2.52 bits per heavy atom. The summed E-state index contributed by atoms with van der Waals surface area (Å²) in [5, 5.41) is 18.7. The van der Waals surface area contributed by atoms with Crippen LogP contribution in [0.3, 0.4) is 0 Å². The lowest BCUT2D eigenvalue weighted by Crippen LogP contribution is -2.41. The summed E-state index contributed by atoms with van der Waals surface area (Å²) in [6, 6.07) is 6.11. The lowest BCUT2D eigenvalue weighted by molar-refractivity contribution is -0.385. The Hall–Kier alpha value is -4.48. The van der Waals surface area contributed by atoms with Gasteiger partial charge >= 0.3 is 6.09 Å². The zero-order chi connectivity index (χ0) is 32.0. The molecule has 0 spiro atoms. The van der Waals surface area contributed by atoms with Gasteiger partial charge in [0.25, 0.3) is 11.6 Å². The van der Waals surface area contributed by atoms with Crippen LogP contribution in [0.4, 0.5) is 30.8 Å². The number of carbonyl (C=O) groups is 2. The fraction of sp³-hybridized carbons (Fsp3) is 0.370. The second-order valence-corrected chi connectivity index (χ2v) is 12.3. The van der Waals surface area contributed by atoms with Crippen LogP contribution in [0.25, 0.3) is 0 Å². The van der Waals surface area contributed by atoms with Crippen LogP contribution in [-0.2, 0) is 31.6 Å². The van der Waals surface area contributed by atoms with Crippen LogP contribution < -0.4 is 10.2 Å². The number of aromatic nitrogens is 2. The molecule has 2 aliphatic rings. The van der Waals surface area contributed by atoms with Crippen LogP contribution in [0.1, 0.15) is 42.4 Å². The average molecular weight is 635 g/mol. The highest BCUT2D eigenvalue weighted by atomic mass is 32.2. The molecule has 0 bridgehead atoms. The molecule has 1 amide bonds. The number of hydrogen-bond donors (Lipinski definition) is 1. The molecule has 1 N–H and O–H groups in total. The monoisotopic (exact) mass is 634 g/mol. The number of ether oxygens (including phenoxy) is 2. The van der Waals surface area contributed by atoms with Gasteiger partial charge in [-0.05, 0) is 51.1 Å². The summed E-state index contributed by atoms with van der Waals surface area (Å²) in [5.41, 5.74) is -1.75. The van der Waals surface area contributed by atoms with Crippen molar-refractivity contribution in [2.75, 3.05) is 43.1 Å². The summed E-state index contributed by atoms with van der Waals surface area (Å²) in [4.78, 5) is 38.6. The van der Waals surface area contributed by atoms with E-state index in [4.69, 9.17) is 9.47 Å². The molecule has 1 aromatic heterocycles. The van der Waals surface area contributed by atoms with E-state index in [-0.39, 0.29) is 29.2 Å². The topological polar surface area (TPSA) is 166 Å².